The number of hydrogen-bond acceptors (Lipinski definition) is 2. The normalized spacial score (nSPS) is 11.1. The minimum Gasteiger partial charge on any atom is -0.370 e. The summed E-state index contributed by atoms with van der Waals surface area (Å²) in [5, 5.41) is 0.0321. The summed E-state index contributed by atoms with van der Waals surface area (Å²) in [5.41, 5.74) is 6.30. The van der Waals surface area contributed by atoms with E-state index >= 15 is 0 Å². The molecule has 102 valence electrons. The number of aryl methyl sites for hydroxylation is 1. The standard InChI is InChI=1S/C12H12Cl2FN3O/c13-6-12-17-9-5-8(15)7(14)4-10(9)18(12)3-1-2-11(16)19/h4-5H,1-3,6H2,(H2,16,19). The van der Waals surface area contributed by atoms with Gasteiger partial charge in [-0.3, -0.25) is 4.79 Å². The van der Waals surface area contributed by atoms with E-state index in [0.29, 0.717) is 29.8 Å². The fourth-order valence-corrected chi connectivity index (χ4v) is 2.29. The molecule has 2 N–H and O–H groups in total. The van der Waals surface area contributed by atoms with E-state index in [2.05, 4.69) is 4.98 Å². The summed E-state index contributed by atoms with van der Waals surface area (Å²) in [4.78, 5) is 15.0. The molecule has 0 aliphatic rings. The maximum absolute atomic E-state index is 13.4. The lowest BCUT2D eigenvalue weighted by molar-refractivity contribution is -0.118. The topological polar surface area (TPSA) is 60.9 Å². The van der Waals surface area contributed by atoms with Gasteiger partial charge in [0.25, 0.3) is 0 Å². The molecule has 0 fully saturated rings. The van der Waals surface area contributed by atoms with E-state index in [4.69, 9.17) is 28.9 Å². The van der Waals surface area contributed by atoms with E-state index in [1.54, 1.807) is 0 Å². The lowest BCUT2D eigenvalue weighted by Gasteiger charge is -2.07. The van der Waals surface area contributed by atoms with Crippen LogP contribution in [-0.2, 0) is 17.2 Å². The maximum Gasteiger partial charge on any atom is 0.217 e. The summed E-state index contributed by atoms with van der Waals surface area (Å²) in [7, 11) is 0. The molecule has 0 saturated carbocycles. The largest absolute Gasteiger partial charge is 0.370 e. The number of hydrogen-bond donors (Lipinski definition) is 1. The molecule has 1 aromatic carbocycles. The van der Waals surface area contributed by atoms with Crippen molar-refractivity contribution in [1.82, 2.24) is 9.55 Å². The number of primary amides is 1. The molecule has 0 bridgehead atoms. The van der Waals surface area contributed by atoms with Gasteiger partial charge in [0.2, 0.25) is 5.91 Å². The summed E-state index contributed by atoms with van der Waals surface area (Å²) >= 11 is 11.6. The molecule has 7 heteroatoms. The van der Waals surface area contributed by atoms with Crippen molar-refractivity contribution < 1.29 is 9.18 Å². The first kappa shape index (κ1) is 14.1. The molecule has 0 spiro atoms. The Kier molecular flexibility index (Phi) is 4.27. The number of nitrogens with zero attached hydrogens (tertiary/aromatic N) is 2. The van der Waals surface area contributed by atoms with Gasteiger partial charge >= 0.3 is 0 Å². The third-order valence-corrected chi connectivity index (χ3v) is 3.32. The van der Waals surface area contributed by atoms with Crippen molar-refractivity contribution in [2.24, 2.45) is 5.73 Å². The Balaban J connectivity index is 2.39. The van der Waals surface area contributed by atoms with Crippen LogP contribution in [0.2, 0.25) is 5.02 Å². The molecule has 0 aliphatic carbocycles. The first-order chi connectivity index (χ1) is 9.02. The minimum atomic E-state index is -0.517. The van der Waals surface area contributed by atoms with Crippen molar-refractivity contribution in [3.63, 3.8) is 0 Å². The SMILES string of the molecule is NC(=O)CCCn1c(CCl)nc2cc(F)c(Cl)cc21. The average Bonchev–Trinajstić information content (AvgIpc) is 2.67. The third kappa shape index (κ3) is 2.98. The molecule has 4 nitrogen and oxygen atoms in total. The quantitative estimate of drug-likeness (QED) is 0.863. The van der Waals surface area contributed by atoms with Gasteiger partial charge in [-0.25, -0.2) is 9.37 Å². The monoisotopic (exact) mass is 303 g/mol. The highest BCUT2D eigenvalue weighted by Gasteiger charge is 2.13. The smallest absolute Gasteiger partial charge is 0.217 e. The summed E-state index contributed by atoms with van der Waals surface area (Å²) in [6.45, 7) is 0.531. The van der Waals surface area contributed by atoms with Gasteiger partial charge in [-0.1, -0.05) is 11.6 Å². The number of nitrogens with two attached hydrogens (primary N) is 1. The van der Waals surface area contributed by atoms with Crippen molar-refractivity contribution in [1.29, 1.82) is 0 Å². The lowest BCUT2D eigenvalue weighted by atomic mass is 10.2. The van der Waals surface area contributed by atoms with Gasteiger partial charge in [0.15, 0.2) is 0 Å². The molecule has 0 atom stereocenters. The van der Waals surface area contributed by atoms with Crippen molar-refractivity contribution >= 4 is 40.1 Å². The Morgan fingerprint density at radius 3 is 2.84 bits per heavy atom. The summed E-state index contributed by atoms with van der Waals surface area (Å²) in [5.74, 6) is -0.0642. The second-order valence-corrected chi connectivity index (χ2v) is 4.81. The Hall–Kier alpha value is -1.33. The molecule has 0 aliphatic heterocycles. The Bertz CT molecular complexity index is 627. The molecule has 2 aromatic rings. The van der Waals surface area contributed by atoms with Crippen LogP contribution in [0.1, 0.15) is 18.7 Å². The molecule has 1 aromatic heterocycles. The summed E-state index contributed by atoms with van der Waals surface area (Å²) in [6.07, 6.45) is 0.843. The molecule has 2 rings (SSSR count). The number of carbonyl (C=O) groups is 1. The lowest BCUT2D eigenvalue weighted by Crippen LogP contribution is -2.12. The van der Waals surface area contributed by atoms with Crippen LogP contribution >= 0.6 is 23.2 Å². The summed E-state index contributed by atoms with van der Waals surface area (Å²) in [6, 6.07) is 2.79. The first-order valence-electron chi connectivity index (χ1n) is 5.71. The molecule has 0 saturated heterocycles. The highest BCUT2D eigenvalue weighted by molar-refractivity contribution is 6.31. The van der Waals surface area contributed by atoms with Crippen molar-refractivity contribution in [2.75, 3.05) is 0 Å². The highest BCUT2D eigenvalue weighted by atomic mass is 35.5. The van der Waals surface area contributed by atoms with Gasteiger partial charge in [0.1, 0.15) is 11.6 Å². The number of aromatic nitrogens is 2. The second-order valence-electron chi connectivity index (χ2n) is 4.14. The van der Waals surface area contributed by atoms with Gasteiger partial charge in [-0.05, 0) is 12.5 Å². The molecular weight excluding hydrogens is 292 g/mol. The van der Waals surface area contributed by atoms with Crippen LogP contribution in [0.5, 0.6) is 0 Å². The third-order valence-electron chi connectivity index (χ3n) is 2.79. The van der Waals surface area contributed by atoms with Crippen molar-refractivity contribution in [2.45, 2.75) is 25.3 Å². The van der Waals surface area contributed by atoms with Gasteiger partial charge < -0.3 is 10.3 Å². The number of benzene rings is 1. The molecule has 1 heterocycles. The molecule has 19 heavy (non-hydrogen) atoms. The van der Waals surface area contributed by atoms with E-state index in [1.807, 2.05) is 4.57 Å². The number of carbonyl (C=O) groups excluding carboxylic acids is 1. The fraction of sp³-hybridized carbons (Fsp3) is 0.333. The highest BCUT2D eigenvalue weighted by Crippen LogP contribution is 2.25. The average molecular weight is 304 g/mol. The van der Waals surface area contributed by atoms with Gasteiger partial charge in [0.05, 0.1) is 21.9 Å². The molecular formula is C12H12Cl2FN3O. The fourth-order valence-electron chi connectivity index (χ4n) is 1.93. The number of amides is 1. The van der Waals surface area contributed by atoms with E-state index in [9.17, 15) is 9.18 Å². The van der Waals surface area contributed by atoms with Crippen LogP contribution in [-0.4, -0.2) is 15.5 Å². The Labute approximate surface area is 119 Å². The van der Waals surface area contributed by atoms with E-state index < -0.39 is 5.82 Å². The number of alkyl halides is 1. The number of fused-ring (bicyclic) bond motifs is 1. The molecule has 0 unspecified atom stereocenters. The van der Waals surface area contributed by atoms with Crippen molar-refractivity contribution in [3.8, 4) is 0 Å². The number of halogens is 3. The minimum absolute atomic E-state index is 0.0321. The van der Waals surface area contributed by atoms with Crippen LogP contribution in [0, 0.1) is 5.82 Å². The van der Waals surface area contributed by atoms with Gasteiger partial charge in [0, 0.05) is 19.0 Å². The molecule has 0 radical (unpaired) electrons. The van der Waals surface area contributed by atoms with E-state index in [-0.39, 0.29) is 23.2 Å². The Morgan fingerprint density at radius 1 is 1.47 bits per heavy atom. The van der Waals surface area contributed by atoms with E-state index in [1.165, 1.54) is 12.1 Å². The molecule has 1 amide bonds. The van der Waals surface area contributed by atoms with Crippen LogP contribution in [0.15, 0.2) is 12.1 Å². The van der Waals surface area contributed by atoms with Crippen molar-refractivity contribution in [3.05, 3.63) is 28.8 Å². The zero-order valence-electron chi connectivity index (χ0n) is 10.00. The summed E-state index contributed by atoms with van der Waals surface area (Å²) < 4.78 is 15.2. The van der Waals surface area contributed by atoms with Crippen LogP contribution in [0.25, 0.3) is 11.0 Å². The predicted octanol–water partition coefficient (Wildman–Crippen LogP) is 2.83. The zero-order chi connectivity index (χ0) is 14.0. The van der Waals surface area contributed by atoms with E-state index in [0.717, 1.165) is 0 Å². The van der Waals surface area contributed by atoms with Gasteiger partial charge in [-0.15, -0.1) is 11.6 Å². The second kappa shape index (κ2) is 5.75. The van der Waals surface area contributed by atoms with Crippen LogP contribution in [0.3, 0.4) is 0 Å². The number of imidazole rings is 1. The predicted molar refractivity (Wildman–Crippen MR) is 72.7 cm³/mol. The van der Waals surface area contributed by atoms with Crippen LogP contribution in [0.4, 0.5) is 4.39 Å². The number of rotatable bonds is 5. The maximum atomic E-state index is 13.4. The zero-order valence-corrected chi connectivity index (χ0v) is 11.5. The Morgan fingerprint density at radius 2 is 2.21 bits per heavy atom. The van der Waals surface area contributed by atoms with Gasteiger partial charge in [-0.2, -0.15) is 0 Å². The van der Waals surface area contributed by atoms with Crippen LogP contribution < -0.4 is 5.73 Å². The first-order valence-corrected chi connectivity index (χ1v) is 6.62.